The second kappa shape index (κ2) is 8.94. The number of halogens is 3. The van der Waals surface area contributed by atoms with Crippen LogP contribution < -0.4 is 10.0 Å². The molecule has 0 aliphatic rings. The molecule has 1 aromatic heterocycles. The first-order valence-electron chi connectivity index (χ1n) is 9.57. The molecule has 13 heteroatoms. The summed E-state index contributed by atoms with van der Waals surface area (Å²) < 4.78 is 65.8. The molecule has 0 radical (unpaired) electrons. The number of nitrogens with one attached hydrogen (secondary N) is 3. The number of aromatic nitrogens is 4. The Bertz CT molecular complexity index is 1410. The molecule has 4 aromatic rings. The second-order valence-electron chi connectivity index (χ2n) is 6.99. The van der Waals surface area contributed by atoms with Gasteiger partial charge in [-0.15, -0.1) is 5.10 Å². The highest BCUT2D eigenvalue weighted by Gasteiger charge is 2.30. The minimum atomic E-state index is -4.61. The average Bonchev–Trinajstić information content (AvgIpc) is 3.34. The number of tetrazole rings is 1. The number of aromatic amines is 1. The van der Waals surface area contributed by atoms with E-state index in [1.165, 1.54) is 30.3 Å². The van der Waals surface area contributed by atoms with Gasteiger partial charge in [0.15, 0.2) is 5.82 Å². The molecule has 3 N–H and O–H groups in total. The van der Waals surface area contributed by atoms with Crippen molar-refractivity contribution in [3.8, 4) is 11.4 Å². The van der Waals surface area contributed by atoms with Crippen LogP contribution in [-0.2, 0) is 16.2 Å². The minimum absolute atomic E-state index is 0.182. The lowest BCUT2D eigenvalue weighted by atomic mass is 10.1. The van der Waals surface area contributed by atoms with Gasteiger partial charge in [0, 0.05) is 22.5 Å². The number of hydrogen-bond donors (Lipinski definition) is 3. The Kier molecular flexibility index (Phi) is 6.03. The fourth-order valence-corrected chi connectivity index (χ4v) is 4.00. The molecule has 1 amide bonds. The Morgan fingerprint density at radius 2 is 1.62 bits per heavy atom. The molecule has 34 heavy (non-hydrogen) atoms. The standard InChI is InChI=1S/C21H15F3N6O3S/c22-21(23,24)15-2-1-3-17(12-15)28-34(32,33)18-10-6-14(7-11-18)20(31)25-16-8-4-13(5-9-16)19-26-29-30-27-19/h1-12,28H,(H,25,31)(H,26,27,29,30). The normalized spacial score (nSPS) is 11.7. The summed E-state index contributed by atoms with van der Waals surface area (Å²) in [6, 6.07) is 15.5. The van der Waals surface area contributed by atoms with Crippen molar-refractivity contribution < 1.29 is 26.4 Å². The van der Waals surface area contributed by atoms with Gasteiger partial charge in [0.05, 0.1) is 10.5 Å². The zero-order valence-corrected chi connectivity index (χ0v) is 17.9. The highest BCUT2D eigenvalue weighted by molar-refractivity contribution is 7.92. The summed E-state index contributed by atoms with van der Waals surface area (Å²) in [4.78, 5) is 12.3. The van der Waals surface area contributed by atoms with Gasteiger partial charge in [-0.05, 0) is 77.2 Å². The van der Waals surface area contributed by atoms with E-state index in [-0.39, 0.29) is 16.1 Å². The van der Waals surface area contributed by atoms with E-state index in [0.717, 1.165) is 12.1 Å². The molecular weight excluding hydrogens is 473 g/mol. The number of hydrogen-bond acceptors (Lipinski definition) is 6. The Hall–Kier alpha value is -4.26. The number of nitrogens with zero attached hydrogens (tertiary/aromatic N) is 3. The Morgan fingerprint density at radius 1 is 0.912 bits per heavy atom. The van der Waals surface area contributed by atoms with Gasteiger partial charge < -0.3 is 5.32 Å². The Balaban J connectivity index is 1.44. The smallest absolute Gasteiger partial charge is 0.322 e. The number of carbonyl (C=O) groups is 1. The summed E-state index contributed by atoms with van der Waals surface area (Å²) in [7, 11) is -4.17. The SMILES string of the molecule is O=C(Nc1ccc(-c2nnn[nH]2)cc1)c1ccc(S(=O)(=O)Nc2cccc(C(F)(F)F)c2)cc1. The molecule has 0 aliphatic heterocycles. The molecule has 0 spiro atoms. The van der Waals surface area contributed by atoms with Crippen molar-refractivity contribution >= 4 is 27.3 Å². The first-order valence-corrected chi connectivity index (χ1v) is 11.1. The number of amides is 1. The second-order valence-corrected chi connectivity index (χ2v) is 8.67. The zero-order valence-electron chi connectivity index (χ0n) is 17.0. The van der Waals surface area contributed by atoms with E-state index < -0.39 is 27.7 Å². The Labute approximate surface area is 191 Å². The molecule has 0 saturated heterocycles. The van der Waals surface area contributed by atoms with E-state index in [1.807, 2.05) is 0 Å². The maximum absolute atomic E-state index is 12.9. The van der Waals surface area contributed by atoms with Crippen molar-refractivity contribution in [3.63, 3.8) is 0 Å². The molecule has 1 heterocycles. The van der Waals surface area contributed by atoms with Gasteiger partial charge >= 0.3 is 6.18 Å². The van der Waals surface area contributed by atoms with Gasteiger partial charge in [0.2, 0.25) is 0 Å². The van der Waals surface area contributed by atoms with Gasteiger partial charge in [0.1, 0.15) is 0 Å². The number of anilines is 2. The summed E-state index contributed by atoms with van der Waals surface area (Å²) >= 11 is 0. The largest absolute Gasteiger partial charge is 0.416 e. The fourth-order valence-electron chi connectivity index (χ4n) is 2.95. The van der Waals surface area contributed by atoms with Crippen molar-refractivity contribution in [2.75, 3.05) is 10.0 Å². The average molecular weight is 488 g/mol. The van der Waals surface area contributed by atoms with Crippen LogP contribution in [0.15, 0.2) is 77.7 Å². The van der Waals surface area contributed by atoms with Crippen molar-refractivity contribution in [2.45, 2.75) is 11.1 Å². The summed E-state index contributed by atoms with van der Waals surface area (Å²) in [6.45, 7) is 0. The van der Waals surface area contributed by atoms with Gasteiger partial charge in [-0.2, -0.15) is 13.2 Å². The third-order valence-corrected chi connectivity index (χ3v) is 6.03. The van der Waals surface area contributed by atoms with E-state index in [0.29, 0.717) is 23.1 Å². The molecule has 0 fully saturated rings. The number of rotatable bonds is 6. The number of alkyl halides is 3. The molecular formula is C21H15F3N6O3S. The van der Waals surface area contributed by atoms with Crippen molar-refractivity contribution in [2.24, 2.45) is 0 Å². The number of carbonyl (C=O) groups excluding carboxylic acids is 1. The summed E-state index contributed by atoms with van der Waals surface area (Å²) in [5.74, 6) is -0.0164. The lowest BCUT2D eigenvalue weighted by Crippen LogP contribution is -2.15. The van der Waals surface area contributed by atoms with Gasteiger partial charge in [-0.1, -0.05) is 6.07 Å². The summed E-state index contributed by atoms with van der Waals surface area (Å²) in [5.41, 5.74) is 0.169. The number of benzene rings is 3. The lowest BCUT2D eigenvalue weighted by Gasteiger charge is -2.12. The highest BCUT2D eigenvalue weighted by Crippen LogP contribution is 2.31. The van der Waals surface area contributed by atoms with Crippen LogP contribution in [0.1, 0.15) is 15.9 Å². The molecule has 9 nitrogen and oxygen atoms in total. The molecule has 0 atom stereocenters. The molecule has 174 valence electrons. The quantitative estimate of drug-likeness (QED) is 0.377. The van der Waals surface area contributed by atoms with Crippen molar-refractivity contribution in [1.82, 2.24) is 20.6 Å². The maximum Gasteiger partial charge on any atom is 0.416 e. The van der Waals surface area contributed by atoms with Crippen molar-refractivity contribution in [3.05, 3.63) is 83.9 Å². The van der Waals surface area contributed by atoms with Crippen LogP contribution in [0.2, 0.25) is 0 Å². The molecule has 0 unspecified atom stereocenters. The van der Waals surface area contributed by atoms with E-state index in [2.05, 4.69) is 30.7 Å². The van der Waals surface area contributed by atoms with E-state index in [9.17, 15) is 26.4 Å². The summed E-state index contributed by atoms with van der Waals surface area (Å²) in [5, 5.41) is 16.1. The Morgan fingerprint density at radius 3 is 2.24 bits per heavy atom. The minimum Gasteiger partial charge on any atom is -0.322 e. The fraction of sp³-hybridized carbons (Fsp3) is 0.0476. The van der Waals surface area contributed by atoms with E-state index >= 15 is 0 Å². The van der Waals surface area contributed by atoms with Crippen LogP contribution in [0.4, 0.5) is 24.5 Å². The molecule has 0 saturated carbocycles. The molecule has 0 aliphatic carbocycles. The topological polar surface area (TPSA) is 130 Å². The van der Waals surface area contributed by atoms with Crippen LogP contribution in [0.5, 0.6) is 0 Å². The molecule has 0 bridgehead atoms. The first-order chi connectivity index (χ1) is 16.1. The van der Waals surface area contributed by atoms with Crippen LogP contribution in [0.25, 0.3) is 11.4 Å². The first kappa shape index (κ1) is 22.9. The van der Waals surface area contributed by atoms with Crippen LogP contribution >= 0.6 is 0 Å². The monoisotopic (exact) mass is 488 g/mol. The highest BCUT2D eigenvalue weighted by atomic mass is 32.2. The van der Waals surface area contributed by atoms with Crippen molar-refractivity contribution in [1.29, 1.82) is 0 Å². The van der Waals surface area contributed by atoms with Crippen LogP contribution in [0, 0.1) is 0 Å². The lowest BCUT2D eigenvalue weighted by molar-refractivity contribution is -0.137. The van der Waals surface area contributed by atoms with E-state index in [1.54, 1.807) is 24.3 Å². The van der Waals surface area contributed by atoms with E-state index in [4.69, 9.17) is 0 Å². The third-order valence-electron chi connectivity index (χ3n) is 4.63. The third kappa shape index (κ3) is 5.20. The predicted octanol–water partition coefficient (Wildman–Crippen LogP) is 3.94. The van der Waals surface area contributed by atoms with Gasteiger partial charge in [0.25, 0.3) is 15.9 Å². The number of sulfonamides is 1. The predicted molar refractivity (Wildman–Crippen MR) is 116 cm³/mol. The van der Waals surface area contributed by atoms with Gasteiger partial charge in [-0.25, -0.2) is 13.5 Å². The number of H-pyrrole nitrogens is 1. The molecule has 3 aromatic carbocycles. The van der Waals surface area contributed by atoms with Gasteiger partial charge in [-0.3, -0.25) is 9.52 Å². The summed E-state index contributed by atoms with van der Waals surface area (Å²) in [6.07, 6.45) is -4.61. The molecule has 4 rings (SSSR count). The van der Waals surface area contributed by atoms with Crippen LogP contribution in [-0.4, -0.2) is 34.9 Å². The maximum atomic E-state index is 12.9. The zero-order chi connectivity index (χ0) is 24.3. The van der Waals surface area contributed by atoms with Crippen LogP contribution in [0.3, 0.4) is 0 Å².